The molecule has 0 aromatic carbocycles. The zero-order valence-electron chi connectivity index (χ0n) is 13.5. The van der Waals surface area contributed by atoms with Crippen molar-refractivity contribution in [3.05, 3.63) is 41.3 Å². The van der Waals surface area contributed by atoms with Gasteiger partial charge in [0.15, 0.2) is 11.5 Å². The van der Waals surface area contributed by atoms with Gasteiger partial charge in [-0.25, -0.2) is 14.6 Å². The standard InChI is InChI=1S/C15H18N8O/c1-10(2)11-7-21(8-11)13-5-14(17-9-16-13)23-15(24)12(6-19-23)22-4-3-18-20-22/h3-6,9-11,19H,7-8H2,1-2H3. The first-order valence-electron chi connectivity index (χ1n) is 7.88. The van der Waals surface area contributed by atoms with Crippen molar-refractivity contribution in [2.45, 2.75) is 13.8 Å². The van der Waals surface area contributed by atoms with Crippen molar-refractivity contribution in [1.29, 1.82) is 0 Å². The highest BCUT2D eigenvalue weighted by Crippen LogP contribution is 2.27. The topological polar surface area (TPSA) is 97.5 Å². The minimum absolute atomic E-state index is 0.242. The Hall–Kier alpha value is -2.97. The molecule has 1 N–H and O–H groups in total. The maximum atomic E-state index is 12.5. The van der Waals surface area contributed by atoms with Crippen molar-refractivity contribution in [3.63, 3.8) is 0 Å². The number of aromatic amines is 1. The SMILES string of the molecule is CC(C)C1CN(c2cc(-n3[nH]cc(-n4ccnn4)c3=O)ncn2)C1. The summed E-state index contributed by atoms with van der Waals surface area (Å²) in [5.41, 5.74) is 0.144. The zero-order chi connectivity index (χ0) is 16.7. The minimum atomic E-state index is -0.242. The highest BCUT2D eigenvalue weighted by Gasteiger charge is 2.30. The van der Waals surface area contributed by atoms with Gasteiger partial charge in [0.25, 0.3) is 5.56 Å². The Morgan fingerprint density at radius 1 is 1.25 bits per heavy atom. The maximum absolute atomic E-state index is 12.5. The Labute approximate surface area is 137 Å². The summed E-state index contributed by atoms with van der Waals surface area (Å²) in [6.45, 7) is 6.44. The predicted molar refractivity (Wildman–Crippen MR) is 87.4 cm³/mol. The molecular weight excluding hydrogens is 308 g/mol. The van der Waals surface area contributed by atoms with Crippen LogP contribution >= 0.6 is 0 Å². The van der Waals surface area contributed by atoms with Crippen molar-refractivity contribution >= 4 is 5.82 Å². The van der Waals surface area contributed by atoms with E-state index < -0.39 is 0 Å². The van der Waals surface area contributed by atoms with E-state index in [0.717, 1.165) is 18.9 Å². The highest BCUT2D eigenvalue weighted by atomic mass is 16.1. The number of nitrogens with one attached hydrogen (secondary N) is 1. The third-order valence-corrected chi connectivity index (χ3v) is 4.47. The molecular formula is C15H18N8O. The molecule has 0 saturated carbocycles. The van der Waals surface area contributed by atoms with Gasteiger partial charge in [0.05, 0.1) is 18.6 Å². The molecule has 3 aromatic rings. The Bertz CT molecular complexity index is 888. The fraction of sp³-hybridized carbons (Fsp3) is 0.400. The van der Waals surface area contributed by atoms with Crippen LogP contribution in [-0.2, 0) is 0 Å². The fourth-order valence-electron chi connectivity index (χ4n) is 2.79. The quantitative estimate of drug-likeness (QED) is 0.755. The Kier molecular flexibility index (Phi) is 3.40. The molecule has 1 fully saturated rings. The van der Waals surface area contributed by atoms with E-state index in [1.807, 2.05) is 6.07 Å². The van der Waals surface area contributed by atoms with E-state index in [4.69, 9.17) is 0 Å². The molecule has 4 rings (SSSR count). The molecule has 0 atom stereocenters. The molecule has 0 spiro atoms. The van der Waals surface area contributed by atoms with Crippen LogP contribution < -0.4 is 10.5 Å². The normalized spacial score (nSPS) is 15.0. The number of rotatable bonds is 4. The van der Waals surface area contributed by atoms with Gasteiger partial charge in [0, 0.05) is 19.2 Å². The van der Waals surface area contributed by atoms with Crippen LogP contribution in [0.2, 0.25) is 0 Å². The molecule has 9 nitrogen and oxygen atoms in total. The summed E-state index contributed by atoms with van der Waals surface area (Å²) < 4.78 is 2.79. The van der Waals surface area contributed by atoms with Crippen LogP contribution in [0.25, 0.3) is 11.5 Å². The Balaban J connectivity index is 1.62. The Morgan fingerprint density at radius 2 is 2.04 bits per heavy atom. The molecule has 0 aliphatic carbocycles. The zero-order valence-corrected chi connectivity index (χ0v) is 13.5. The molecule has 0 radical (unpaired) electrons. The number of H-pyrrole nitrogens is 1. The predicted octanol–water partition coefficient (Wildman–Crippen LogP) is 0.628. The average molecular weight is 326 g/mol. The second-order valence-corrected chi connectivity index (χ2v) is 6.29. The van der Waals surface area contributed by atoms with Gasteiger partial charge in [-0.1, -0.05) is 19.1 Å². The van der Waals surface area contributed by atoms with E-state index >= 15 is 0 Å². The summed E-state index contributed by atoms with van der Waals surface area (Å²) in [7, 11) is 0. The number of aromatic nitrogens is 7. The average Bonchev–Trinajstić information content (AvgIpc) is 3.14. The van der Waals surface area contributed by atoms with Gasteiger partial charge in [-0.05, 0) is 11.8 Å². The minimum Gasteiger partial charge on any atom is -0.356 e. The molecule has 0 unspecified atom stereocenters. The van der Waals surface area contributed by atoms with E-state index in [1.54, 1.807) is 12.4 Å². The van der Waals surface area contributed by atoms with Crippen LogP contribution in [0.4, 0.5) is 5.82 Å². The first-order chi connectivity index (χ1) is 11.6. The molecule has 1 aliphatic heterocycles. The maximum Gasteiger partial charge on any atom is 0.298 e. The van der Waals surface area contributed by atoms with Crippen LogP contribution in [0.3, 0.4) is 0 Å². The molecule has 4 heterocycles. The third kappa shape index (κ3) is 2.38. The Morgan fingerprint density at radius 3 is 2.75 bits per heavy atom. The summed E-state index contributed by atoms with van der Waals surface area (Å²) in [6.07, 6.45) is 6.20. The van der Waals surface area contributed by atoms with Crippen molar-refractivity contribution in [1.82, 2.24) is 34.7 Å². The van der Waals surface area contributed by atoms with Crippen LogP contribution in [-0.4, -0.2) is 47.8 Å². The van der Waals surface area contributed by atoms with E-state index in [-0.39, 0.29) is 5.56 Å². The van der Waals surface area contributed by atoms with Gasteiger partial charge < -0.3 is 4.90 Å². The van der Waals surface area contributed by atoms with Gasteiger partial charge >= 0.3 is 0 Å². The first kappa shape index (κ1) is 14.6. The van der Waals surface area contributed by atoms with Crippen molar-refractivity contribution in [2.24, 2.45) is 11.8 Å². The number of hydrogen-bond acceptors (Lipinski definition) is 6. The van der Waals surface area contributed by atoms with Crippen LogP contribution in [0.15, 0.2) is 35.8 Å². The number of hydrogen-bond donors (Lipinski definition) is 1. The largest absolute Gasteiger partial charge is 0.356 e. The summed E-state index contributed by atoms with van der Waals surface area (Å²) in [5.74, 6) is 2.69. The second-order valence-electron chi connectivity index (χ2n) is 6.29. The number of nitrogens with zero attached hydrogens (tertiary/aromatic N) is 7. The lowest BCUT2D eigenvalue weighted by Crippen LogP contribution is -2.49. The van der Waals surface area contributed by atoms with Gasteiger partial charge in [-0.2, -0.15) is 4.68 Å². The van der Waals surface area contributed by atoms with Crippen LogP contribution in [0, 0.1) is 11.8 Å². The van der Waals surface area contributed by atoms with E-state index in [2.05, 4.69) is 44.1 Å². The van der Waals surface area contributed by atoms with E-state index in [9.17, 15) is 4.79 Å². The summed E-state index contributed by atoms with van der Waals surface area (Å²) in [4.78, 5) is 23.3. The van der Waals surface area contributed by atoms with Gasteiger partial charge in [0.2, 0.25) is 0 Å². The summed E-state index contributed by atoms with van der Waals surface area (Å²) >= 11 is 0. The lowest BCUT2D eigenvalue weighted by molar-refractivity contribution is 0.308. The van der Waals surface area contributed by atoms with Crippen LogP contribution in [0.1, 0.15) is 13.8 Å². The molecule has 124 valence electrons. The van der Waals surface area contributed by atoms with E-state index in [0.29, 0.717) is 23.3 Å². The van der Waals surface area contributed by atoms with Crippen molar-refractivity contribution in [2.75, 3.05) is 18.0 Å². The third-order valence-electron chi connectivity index (χ3n) is 4.47. The molecule has 0 amide bonds. The van der Waals surface area contributed by atoms with Crippen molar-refractivity contribution < 1.29 is 0 Å². The fourth-order valence-corrected chi connectivity index (χ4v) is 2.79. The highest BCUT2D eigenvalue weighted by molar-refractivity contribution is 5.46. The molecule has 9 heteroatoms. The van der Waals surface area contributed by atoms with E-state index in [1.165, 1.54) is 21.9 Å². The lowest BCUT2D eigenvalue weighted by Gasteiger charge is -2.42. The van der Waals surface area contributed by atoms with Gasteiger partial charge in [-0.15, -0.1) is 5.10 Å². The monoisotopic (exact) mass is 326 g/mol. The van der Waals surface area contributed by atoms with Crippen molar-refractivity contribution in [3.8, 4) is 11.5 Å². The van der Waals surface area contributed by atoms with Crippen LogP contribution in [0.5, 0.6) is 0 Å². The van der Waals surface area contributed by atoms with Gasteiger partial charge in [0.1, 0.15) is 12.1 Å². The van der Waals surface area contributed by atoms with Gasteiger partial charge in [-0.3, -0.25) is 9.89 Å². The molecule has 24 heavy (non-hydrogen) atoms. The molecule has 1 saturated heterocycles. The second kappa shape index (κ2) is 5.59. The summed E-state index contributed by atoms with van der Waals surface area (Å²) in [5, 5.41) is 10.5. The number of anilines is 1. The molecule has 1 aliphatic rings. The molecule has 0 bridgehead atoms. The summed E-state index contributed by atoms with van der Waals surface area (Å²) in [6, 6.07) is 1.82. The lowest BCUT2D eigenvalue weighted by atomic mass is 9.88. The molecule has 3 aromatic heterocycles. The first-order valence-corrected chi connectivity index (χ1v) is 7.88. The smallest absolute Gasteiger partial charge is 0.298 e.